The van der Waals surface area contributed by atoms with Crippen LogP contribution in [0, 0.1) is 0 Å². The molecule has 3 rings (SSSR count). The van der Waals surface area contributed by atoms with Gasteiger partial charge in [0.2, 0.25) is 6.17 Å². The normalized spacial score (nSPS) is 12.0. The quantitative estimate of drug-likeness (QED) is 0.725. The van der Waals surface area contributed by atoms with Crippen LogP contribution in [0.1, 0.15) is 13.1 Å². The Morgan fingerprint density at radius 2 is 2.09 bits per heavy atom. The first-order valence-corrected chi connectivity index (χ1v) is 6.93. The van der Waals surface area contributed by atoms with Gasteiger partial charge in [-0.3, -0.25) is 0 Å². The number of nitrogens with one attached hydrogen (secondary N) is 1. The summed E-state index contributed by atoms with van der Waals surface area (Å²) in [4.78, 5) is 16.5. The number of hydrogen-bond donors (Lipinski definition) is 1. The molecule has 7 nitrogen and oxygen atoms in total. The third kappa shape index (κ3) is 2.73. The van der Waals surface area contributed by atoms with E-state index in [0.717, 1.165) is 5.52 Å². The van der Waals surface area contributed by atoms with Crippen LogP contribution >= 0.6 is 0 Å². The number of aromatic nitrogens is 4. The maximum atomic E-state index is 12.3. The van der Waals surface area contributed by atoms with Gasteiger partial charge in [-0.25, -0.2) is 14.5 Å². The summed E-state index contributed by atoms with van der Waals surface area (Å²) in [7, 11) is 0. The van der Waals surface area contributed by atoms with Crippen molar-refractivity contribution in [2.75, 3.05) is 11.9 Å². The van der Waals surface area contributed by atoms with Crippen LogP contribution in [0.4, 0.5) is 5.82 Å². The van der Waals surface area contributed by atoms with Crippen molar-refractivity contribution in [3.8, 4) is 0 Å². The zero-order valence-electron chi connectivity index (χ0n) is 12.0. The monoisotopic (exact) mass is 297 g/mol. The Balaban J connectivity index is 1.99. The van der Waals surface area contributed by atoms with Crippen molar-refractivity contribution in [1.29, 1.82) is 0 Å². The van der Waals surface area contributed by atoms with Gasteiger partial charge in [-0.05, 0) is 31.2 Å². The van der Waals surface area contributed by atoms with Crippen LogP contribution in [-0.4, -0.2) is 32.6 Å². The second kappa shape index (κ2) is 6.21. The summed E-state index contributed by atoms with van der Waals surface area (Å²) in [5, 5.41) is 11.2. The Morgan fingerprint density at radius 1 is 1.27 bits per heavy atom. The molecular formula is C15H15N5O2. The molecule has 0 bridgehead atoms. The van der Waals surface area contributed by atoms with Gasteiger partial charge in [-0.1, -0.05) is 23.4 Å². The number of anilines is 1. The third-order valence-corrected chi connectivity index (χ3v) is 3.08. The molecule has 1 atom stereocenters. The minimum Gasteiger partial charge on any atom is -0.463 e. The van der Waals surface area contributed by atoms with Gasteiger partial charge in [-0.2, -0.15) is 0 Å². The van der Waals surface area contributed by atoms with E-state index >= 15 is 0 Å². The predicted molar refractivity (Wildman–Crippen MR) is 81.1 cm³/mol. The lowest BCUT2D eigenvalue weighted by Crippen LogP contribution is -2.30. The number of nitrogens with zero attached hydrogens (tertiary/aromatic N) is 4. The standard InChI is InChI=1S/C15H15N5O2/c1-2-22-15(21)14(17-13-9-5-6-10-16-13)20-12-8-4-3-7-11(12)18-19-20/h3-10,14H,2H2,1H3,(H,16,17). The molecule has 112 valence electrons. The average molecular weight is 297 g/mol. The summed E-state index contributed by atoms with van der Waals surface area (Å²) in [6.07, 6.45) is 0.812. The van der Waals surface area contributed by atoms with E-state index in [4.69, 9.17) is 4.74 Å². The zero-order valence-corrected chi connectivity index (χ0v) is 12.0. The van der Waals surface area contributed by atoms with E-state index in [1.54, 1.807) is 25.3 Å². The van der Waals surface area contributed by atoms with Crippen molar-refractivity contribution < 1.29 is 9.53 Å². The number of esters is 1. The van der Waals surface area contributed by atoms with Gasteiger partial charge >= 0.3 is 5.97 Å². The molecule has 0 fully saturated rings. The van der Waals surface area contributed by atoms with Crippen molar-refractivity contribution in [1.82, 2.24) is 20.0 Å². The van der Waals surface area contributed by atoms with Crippen molar-refractivity contribution in [3.63, 3.8) is 0 Å². The molecule has 0 aliphatic heterocycles. The lowest BCUT2D eigenvalue weighted by molar-refractivity contribution is -0.146. The fourth-order valence-electron chi connectivity index (χ4n) is 2.11. The number of benzene rings is 1. The van der Waals surface area contributed by atoms with Crippen molar-refractivity contribution in [2.24, 2.45) is 0 Å². The first-order valence-electron chi connectivity index (χ1n) is 6.93. The Labute approximate surface area is 126 Å². The molecule has 0 saturated carbocycles. The average Bonchev–Trinajstić information content (AvgIpc) is 2.97. The van der Waals surface area contributed by atoms with Crippen molar-refractivity contribution in [2.45, 2.75) is 13.1 Å². The zero-order chi connectivity index (χ0) is 15.4. The highest BCUT2D eigenvalue weighted by Crippen LogP contribution is 2.18. The molecule has 22 heavy (non-hydrogen) atoms. The third-order valence-electron chi connectivity index (χ3n) is 3.08. The Morgan fingerprint density at radius 3 is 2.86 bits per heavy atom. The maximum absolute atomic E-state index is 12.3. The summed E-state index contributed by atoms with van der Waals surface area (Å²) in [5.41, 5.74) is 1.45. The smallest absolute Gasteiger partial charge is 0.351 e. The largest absolute Gasteiger partial charge is 0.463 e. The lowest BCUT2D eigenvalue weighted by Gasteiger charge is -2.18. The second-order valence-electron chi connectivity index (χ2n) is 4.54. The maximum Gasteiger partial charge on any atom is 0.351 e. The topological polar surface area (TPSA) is 81.9 Å². The highest BCUT2D eigenvalue weighted by Gasteiger charge is 2.25. The van der Waals surface area contributed by atoms with Gasteiger partial charge in [0.1, 0.15) is 11.3 Å². The number of ether oxygens (including phenoxy) is 1. The number of fused-ring (bicyclic) bond motifs is 1. The fraction of sp³-hybridized carbons (Fsp3) is 0.200. The second-order valence-corrected chi connectivity index (χ2v) is 4.54. The van der Waals surface area contributed by atoms with E-state index in [-0.39, 0.29) is 6.61 Å². The molecule has 3 aromatic rings. The molecule has 1 N–H and O–H groups in total. The molecule has 0 aliphatic rings. The Bertz CT molecular complexity index is 772. The molecule has 0 spiro atoms. The molecule has 0 radical (unpaired) electrons. The van der Waals surface area contributed by atoms with Crippen LogP contribution in [0.15, 0.2) is 48.7 Å². The summed E-state index contributed by atoms with van der Waals surface area (Å²) >= 11 is 0. The number of para-hydroxylation sites is 1. The summed E-state index contributed by atoms with van der Waals surface area (Å²) < 4.78 is 6.63. The van der Waals surface area contributed by atoms with E-state index in [1.807, 2.05) is 30.3 Å². The van der Waals surface area contributed by atoms with Gasteiger partial charge in [0.25, 0.3) is 0 Å². The minimum absolute atomic E-state index is 0.284. The van der Waals surface area contributed by atoms with E-state index in [9.17, 15) is 4.79 Å². The fourth-order valence-corrected chi connectivity index (χ4v) is 2.11. The number of hydrogen-bond acceptors (Lipinski definition) is 6. The SMILES string of the molecule is CCOC(=O)C(Nc1ccccn1)n1nnc2ccccc21. The van der Waals surface area contributed by atoms with E-state index in [1.165, 1.54) is 4.68 Å². The van der Waals surface area contributed by atoms with Gasteiger partial charge < -0.3 is 10.1 Å². The van der Waals surface area contributed by atoms with Crippen molar-refractivity contribution >= 4 is 22.8 Å². The predicted octanol–water partition coefficient (Wildman–Crippen LogP) is 2.00. The van der Waals surface area contributed by atoms with Gasteiger partial charge in [-0.15, -0.1) is 5.10 Å². The molecule has 0 saturated heterocycles. The lowest BCUT2D eigenvalue weighted by atomic mass is 10.3. The van der Waals surface area contributed by atoms with Crippen LogP contribution in [0.5, 0.6) is 0 Å². The highest BCUT2D eigenvalue weighted by atomic mass is 16.5. The summed E-state index contributed by atoms with van der Waals surface area (Å²) in [6.45, 7) is 2.04. The highest BCUT2D eigenvalue weighted by molar-refractivity contribution is 5.81. The molecule has 2 aromatic heterocycles. The van der Waals surface area contributed by atoms with Crippen LogP contribution in [-0.2, 0) is 9.53 Å². The van der Waals surface area contributed by atoms with Crippen LogP contribution in [0.25, 0.3) is 11.0 Å². The molecule has 2 heterocycles. The number of carbonyl (C=O) groups is 1. The molecule has 1 aromatic carbocycles. The Kier molecular flexibility index (Phi) is 3.95. The van der Waals surface area contributed by atoms with Crippen LogP contribution in [0.2, 0.25) is 0 Å². The molecule has 1 unspecified atom stereocenters. The summed E-state index contributed by atoms with van der Waals surface area (Å²) in [6, 6.07) is 12.8. The van der Waals surface area contributed by atoms with E-state index < -0.39 is 12.1 Å². The first-order chi connectivity index (χ1) is 10.8. The first kappa shape index (κ1) is 14.0. The molecule has 7 heteroatoms. The van der Waals surface area contributed by atoms with Gasteiger partial charge in [0.05, 0.1) is 12.1 Å². The Hall–Kier alpha value is -2.96. The molecule has 0 amide bonds. The van der Waals surface area contributed by atoms with Crippen LogP contribution < -0.4 is 5.32 Å². The van der Waals surface area contributed by atoms with Crippen LogP contribution in [0.3, 0.4) is 0 Å². The van der Waals surface area contributed by atoms with E-state index in [0.29, 0.717) is 11.3 Å². The number of pyridine rings is 1. The summed E-state index contributed by atoms with van der Waals surface area (Å²) in [5.74, 6) is 0.115. The van der Waals surface area contributed by atoms with E-state index in [2.05, 4.69) is 20.6 Å². The molecular weight excluding hydrogens is 282 g/mol. The number of rotatable bonds is 5. The van der Waals surface area contributed by atoms with Gasteiger partial charge in [0, 0.05) is 6.20 Å². The number of carbonyl (C=O) groups excluding carboxylic acids is 1. The minimum atomic E-state index is -0.831. The van der Waals surface area contributed by atoms with Crippen molar-refractivity contribution in [3.05, 3.63) is 48.7 Å². The molecule has 0 aliphatic carbocycles. The van der Waals surface area contributed by atoms with Gasteiger partial charge in [0.15, 0.2) is 0 Å².